The molecule has 1 amide bonds. The lowest BCUT2D eigenvalue weighted by Gasteiger charge is -2.12. The summed E-state index contributed by atoms with van der Waals surface area (Å²) in [4.78, 5) is 31.9. The summed E-state index contributed by atoms with van der Waals surface area (Å²) in [5.74, 6) is -2.56. The standard InChI is InChI=1S/C12H14N2O6/c1-7(5-12(17)18)4-11(16)13-9-6-8(14(19)20)2-3-10(9)15/h2-3,6-7,15H,4-5H2,1H3,(H,13,16)(H,17,18)/p-1. The third kappa shape index (κ3) is 4.56. The third-order valence-corrected chi connectivity index (χ3v) is 2.51. The number of aliphatic carboxylic acids is 1. The highest BCUT2D eigenvalue weighted by atomic mass is 16.6. The number of carbonyl (C=O) groups is 2. The first-order valence-corrected chi connectivity index (χ1v) is 5.76. The average molecular weight is 281 g/mol. The number of amides is 1. The van der Waals surface area contributed by atoms with Crippen molar-refractivity contribution in [1.82, 2.24) is 0 Å². The van der Waals surface area contributed by atoms with Gasteiger partial charge in [0.1, 0.15) is 5.75 Å². The fourth-order valence-corrected chi connectivity index (χ4v) is 1.61. The number of hydrogen-bond acceptors (Lipinski definition) is 6. The molecule has 0 heterocycles. The Bertz CT molecular complexity index is 543. The number of nitrogens with one attached hydrogen (secondary N) is 1. The van der Waals surface area contributed by atoms with Gasteiger partial charge in [-0.1, -0.05) is 6.92 Å². The summed E-state index contributed by atoms with van der Waals surface area (Å²) in [7, 11) is 0. The molecule has 0 spiro atoms. The van der Waals surface area contributed by atoms with Crippen molar-refractivity contribution in [2.75, 3.05) is 5.32 Å². The van der Waals surface area contributed by atoms with Crippen molar-refractivity contribution in [3.05, 3.63) is 28.3 Å². The summed E-state index contributed by atoms with van der Waals surface area (Å²) >= 11 is 0. The second-order valence-electron chi connectivity index (χ2n) is 4.39. The van der Waals surface area contributed by atoms with Gasteiger partial charge in [0.25, 0.3) is 5.69 Å². The number of anilines is 1. The normalized spacial score (nSPS) is 11.7. The van der Waals surface area contributed by atoms with Gasteiger partial charge in [0, 0.05) is 24.5 Å². The number of hydrogen-bond donors (Lipinski definition) is 2. The molecule has 0 aliphatic rings. The molecule has 0 radical (unpaired) electrons. The quantitative estimate of drug-likeness (QED) is 0.440. The van der Waals surface area contributed by atoms with Gasteiger partial charge in [-0.05, 0) is 18.4 Å². The molecule has 8 nitrogen and oxygen atoms in total. The zero-order chi connectivity index (χ0) is 15.3. The Morgan fingerprint density at radius 3 is 2.60 bits per heavy atom. The minimum absolute atomic E-state index is 0.0927. The highest BCUT2D eigenvalue weighted by molar-refractivity contribution is 5.92. The molecule has 0 saturated heterocycles. The number of carboxylic acid groups (broad SMARTS) is 1. The predicted octanol–water partition coefficient (Wildman–Crippen LogP) is 0.405. The van der Waals surface area contributed by atoms with Crippen LogP contribution in [0.15, 0.2) is 18.2 Å². The number of nitrogens with zero attached hydrogens (tertiary/aromatic N) is 1. The van der Waals surface area contributed by atoms with E-state index in [0.29, 0.717) is 0 Å². The Morgan fingerprint density at radius 2 is 2.05 bits per heavy atom. The minimum atomic E-state index is -1.26. The maximum Gasteiger partial charge on any atom is 0.271 e. The molecular weight excluding hydrogens is 268 g/mol. The number of phenolic OH excluding ortho intramolecular Hbond substituents is 1. The van der Waals surface area contributed by atoms with Crippen molar-refractivity contribution < 1.29 is 24.7 Å². The molecule has 0 aliphatic heterocycles. The fourth-order valence-electron chi connectivity index (χ4n) is 1.61. The molecule has 1 atom stereocenters. The average Bonchev–Trinajstić information content (AvgIpc) is 2.30. The van der Waals surface area contributed by atoms with Gasteiger partial charge < -0.3 is 20.3 Å². The van der Waals surface area contributed by atoms with Gasteiger partial charge in [0.2, 0.25) is 5.91 Å². The lowest BCUT2D eigenvalue weighted by molar-refractivity contribution is -0.384. The molecule has 0 aliphatic carbocycles. The van der Waals surface area contributed by atoms with Crippen LogP contribution in [0, 0.1) is 16.0 Å². The summed E-state index contributed by atoms with van der Waals surface area (Å²) in [6.07, 6.45) is -0.371. The van der Waals surface area contributed by atoms with Crippen LogP contribution in [0.4, 0.5) is 11.4 Å². The molecular formula is C12H13N2O6-. The number of non-ortho nitro benzene ring substituents is 1. The SMILES string of the molecule is CC(CC(=O)[O-])CC(=O)Nc1cc([N+](=O)[O-])ccc1O. The number of phenols is 1. The number of carboxylic acids is 1. The first-order valence-electron chi connectivity index (χ1n) is 5.76. The van der Waals surface area contributed by atoms with Crippen LogP contribution in [0.3, 0.4) is 0 Å². The molecule has 8 heteroatoms. The van der Waals surface area contributed by atoms with Crippen LogP contribution in [-0.4, -0.2) is 21.9 Å². The molecule has 1 aromatic carbocycles. The van der Waals surface area contributed by atoms with E-state index in [-0.39, 0.29) is 30.0 Å². The fraction of sp³-hybridized carbons (Fsp3) is 0.333. The Morgan fingerprint density at radius 1 is 1.40 bits per heavy atom. The largest absolute Gasteiger partial charge is 0.550 e. The van der Waals surface area contributed by atoms with Crippen molar-refractivity contribution in [2.45, 2.75) is 19.8 Å². The molecule has 0 fully saturated rings. The van der Waals surface area contributed by atoms with Gasteiger partial charge in [-0.3, -0.25) is 14.9 Å². The van der Waals surface area contributed by atoms with E-state index in [9.17, 15) is 29.9 Å². The first kappa shape index (κ1) is 15.4. The molecule has 1 rings (SSSR count). The third-order valence-electron chi connectivity index (χ3n) is 2.51. The summed E-state index contributed by atoms with van der Waals surface area (Å²) < 4.78 is 0. The summed E-state index contributed by atoms with van der Waals surface area (Å²) in [5, 5.41) is 32.8. The van der Waals surface area contributed by atoms with E-state index in [1.165, 1.54) is 0 Å². The second kappa shape index (κ2) is 6.50. The zero-order valence-electron chi connectivity index (χ0n) is 10.7. The molecule has 0 bridgehead atoms. The van der Waals surface area contributed by atoms with E-state index < -0.39 is 22.7 Å². The maximum atomic E-state index is 11.6. The van der Waals surface area contributed by atoms with Crippen LogP contribution in [0.1, 0.15) is 19.8 Å². The number of nitro benzene ring substituents is 1. The van der Waals surface area contributed by atoms with E-state index in [2.05, 4.69) is 5.32 Å². The van der Waals surface area contributed by atoms with E-state index in [4.69, 9.17) is 0 Å². The minimum Gasteiger partial charge on any atom is -0.550 e. The van der Waals surface area contributed by atoms with Crippen molar-refractivity contribution in [1.29, 1.82) is 0 Å². The van der Waals surface area contributed by atoms with Crippen molar-refractivity contribution in [3.8, 4) is 5.75 Å². The van der Waals surface area contributed by atoms with Gasteiger partial charge in [-0.15, -0.1) is 0 Å². The van der Waals surface area contributed by atoms with Crippen LogP contribution in [0.2, 0.25) is 0 Å². The van der Waals surface area contributed by atoms with Crippen LogP contribution in [0.25, 0.3) is 0 Å². The predicted molar refractivity (Wildman–Crippen MR) is 66.8 cm³/mol. The van der Waals surface area contributed by atoms with Crippen LogP contribution >= 0.6 is 0 Å². The lowest BCUT2D eigenvalue weighted by Crippen LogP contribution is -2.26. The van der Waals surface area contributed by atoms with Crippen molar-refractivity contribution in [2.24, 2.45) is 5.92 Å². The number of nitro groups is 1. The summed E-state index contributed by atoms with van der Waals surface area (Å²) in [5.41, 5.74) is -0.370. The molecule has 108 valence electrons. The second-order valence-corrected chi connectivity index (χ2v) is 4.39. The molecule has 1 unspecified atom stereocenters. The maximum absolute atomic E-state index is 11.6. The molecule has 20 heavy (non-hydrogen) atoms. The molecule has 0 saturated carbocycles. The highest BCUT2D eigenvalue weighted by Gasteiger charge is 2.14. The van der Waals surface area contributed by atoms with E-state index in [1.54, 1.807) is 6.92 Å². The van der Waals surface area contributed by atoms with Crippen LogP contribution in [0.5, 0.6) is 5.75 Å². The smallest absolute Gasteiger partial charge is 0.271 e. The lowest BCUT2D eigenvalue weighted by atomic mass is 10.0. The number of rotatable bonds is 6. The van der Waals surface area contributed by atoms with Gasteiger partial charge in [0.05, 0.1) is 10.6 Å². The Kier molecular flexibility index (Phi) is 5.01. The Hall–Kier alpha value is -2.64. The van der Waals surface area contributed by atoms with Gasteiger partial charge in [0.15, 0.2) is 0 Å². The van der Waals surface area contributed by atoms with E-state index in [0.717, 1.165) is 18.2 Å². The van der Waals surface area contributed by atoms with E-state index in [1.807, 2.05) is 0 Å². The topological polar surface area (TPSA) is 133 Å². The van der Waals surface area contributed by atoms with Crippen LogP contribution < -0.4 is 10.4 Å². The van der Waals surface area contributed by atoms with Crippen molar-refractivity contribution in [3.63, 3.8) is 0 Å². The van der Waals surface area contributed by atoms with E-state index >= 15 is 0 Å². The Labute approximate surface area is 114 Å². The van der Waals surface area contributed by atoms with Crippen molar-refractivity contribution >= 4 is 23.3 Å². The van der Waals surface area contributed by atoms with Gasteiger partial charge >= 0.3 is 0 Å². The zero-order valence-corrected chi connectivity index (χ0v) is 10.7. The molecule has 0 aromatic heterocycles. The first-order chi connectivity index (χ1) is 9.29. The number of benzene rings is 1. The van der Waals surface area contributed by atoms with Crippen LogP contribution in [-0.2, 0) is 9.59 Å². The van der Waals surface area contributed by atoms with Gasteiger partial charge in [-0.25, -0.2) is 0 Å². The highest BCUT2D eigenvalue weighted by Crippen LogP contribution is 2.28. The summed E-state index contributed by atoms with van der Waals surface area (Å²) in [6, 6.07) is 3.22. The molecule has 1 aromatic rings. The Balaban J connectivity index is 2.72. The summed E-state index contributed by atoms with van der Waals surface area (Å²) in [6.45, 7) is 1.56. The molecule has 2 N–H and O–H groups in total. The monoisotopic (exact) mass is 281 g/mol. The number of aromatic hydroxyl groups is 1. The number of carbonyl (C=O) groups excluding carboxylic acids is 2. The van der Waals surface area contributed by atoms with Gasteiger partial charge in [-0.2, -0.15) is 0 Å².